The van der Waals surface area contributed by atoms with E-state index in [1.165, 1.54) is 0 Å². The molecule has 0 aliphatic carbocycles. The van der Waals surface area contributed by atoms with E-state index >= 15 is 0 Å². The molecule has 2 unspecified atom stereocenters. The van der Waals surface area contributed by atoms with Crippen molar-refractivity contribution in [3.63, 3.8) is 0 Å². The summed E-state index contributed by atoms with van der Waals surface area (Å²) >= 11 is 0. The van der Waals surface area contributed by atoms with Crippen LogP contribution in [0.2, 0.25) is 0 Å². The molecule has 0 saturated carbocycles. The van der Waals surface area contributed by atoms with Gasteiger partial charge in [-0.15, -0.1) is 0 Å². The number of carbonyl (C=O) groups is 1. The maximum Gasteiger partial charge on any atom is 0.309 e. The van der Waals surface area contributed by atoms with Crippen molar-refractivity contribution in [3.8, 4) is 0 Å². The molecule has 0 aromatic heterocycles. The Morgan fingerprint density at radius 2 is 2.25 bits per heavy atom. The third-order valence-electron chi connectivity index (χ3n) is 1.95. The molecule has 1 N–H and O–H groups in total. The molecule has 1 aliphatic heterocycles. The zero-order valence-electron chi connectivity index (χ0n) is 7.41. The zero-order chi connectivity index (χ0) is 9.14. The van der Waals surface area contributed by atoms with E-state index in [-0.39, 0.29) is 12.0 Å². The lowest BCUT2D eigenvalue weighted by Crippen LogP contribution is -2.22. The monoisotopic (exact) mass is 170 g/mol. The summed E-state index contributed by atoms with van der Waals surface area (Å²) in [6.07, 6.45) is 2.29. The fraction of sp³-hybridized carbons (Fsp3) is 0.667. The highest BCUT2D eigenvalue weighted by atomic mass is 16.5. The number of hydrogen-bond acceptors (Lipinski definition) is 2. The van der Waals surface area contributed by atoms with E-state index in [0.717, 1.165) is 5.57 Å². The highest BCUT2D eigenvalue weighted by Gasteiger charge is 2.32. The summed E-state index contributed by atoms with van der Waals surface area (Å²) in [5.41, 5.74) is 1.10. The first-order valence-electron chi connectivity index (χ1n) is 4.10. The van der Waals surface area contributed by atoms with E-state index in [4.69, 9.17) is 9.84 Å². The second-order valence-electron chi connectivity index (χ2n) is 3.31. The van der Waals surface area contributed by atoms with Crippen LogP contribution in [0, 0.1) is 5.92 Å². The van der Waals surface area contributed by atoms with Gasteiger partial charge in [0.2, 0.25) is 0 Å². The van der Waals surface area contributed by atoms with Crippen LogP contribution < -0.4 is 0 Å². The SMILES string of the molecule is CC(C)=CC1OCCC1C(=O)O. The van der Waals surface area contributed by atoms with E-state index in [0.29, 0.717) is 13.0 Å². The molecular weight excluding hydrogens is 156 g/mol. The molecule has 1 saturated heterocycles. The maximum atomic E-state index is 10.7. The maximum absolute atomic E-state index is 10.7. The number of ether oxygens (including phenoxy) is 1. The molecule has 0 radical (unpaired) electrons. The van der Waals surface area contributed by atoms with Gasteiger partial charge in [-0.3, -0.25) is 4.79 Å². The van der Waals surface area contributed by atoms with Gasteiger partial charge in [-0.2, -0.15) is 0 Å². The molecule has 0 aromatic carbocycles. The summed E-state index contributed by atoms with van der Waals surface area (Å²) in [6, 6.07) is 0. The molecule has 0 amide bonds. The molecule has 12 heavy (non-hydrogen) atoms. The first-order chi connectivity index (χ1) is 5.61. The number of allylic oxidation sites excluding steroid dienone is 1. The predicted molar refractivity (Wildman–Crippen MR) is 44.9 cm³/mol. The molecule has 1 heterocycles. The number of carboxylic acids is 1. The Labute approximate surface area is 72.0 Å². The summed E-state index contributed by atoms with van der Waals surface area (Å²) in [6.45, 7) is 4.45. The lowest BCUT2D eigenvalue weighted by Gasteiger charge is -2.10. The summed E-state index contributed by atoms with van der Waals surface area (Å²) < 4.78 is 5.28. The van der Waals surface area contributed by atoms with Crippen LogP contribution in [-0.2, 0) is 9.53 Å². The van der Waals surface area contributed by atoms with Crippen molar-refractivity contribution in [2.75, 3.05) is 6.61 Å². The van der Waals surface area contributed by atoms with Crippen molar-refractivity contribution < 1.29 is 14.6 Å². The smallest absolute Gasteiger partial charge is 0.309 e. The van der Waals surface area contributed by atoms with Gasteiger partial charge in [0.1, 0.15) is 0 Å². The van der Waals surface area contributed by atoms with Gasteiger partial charge in [0.05, 0.1) is 12.0 Å². The number of rotatable bonds is 2. The van der Waals surface area contributed by atoms with Gasteiger partial charge in [0.15, 0.2) is 0 Å². The van der Waals surface area contributed by atoms with Crippen molar-refractivity contribution in [1.82, 2.24) is 0 Å². The third-order valence-corrected chi connectivity index (χ3v) is 1.95. The van der Waals surface area contributed by atoms with E-state index < -0.39 is 5.97 Å². The van der Waals surface area contributed by atoms with Crippen LogP contribution in [-0.4, -0.2) is 23.8 Å². The Morgan fingerprint density at radius 1 is 1.58 bits per heavy atom. The summed E-state index contributed by atoms with van der Waals surface area (Å²) in [4.78, 5) is 10.7. The number of aliphatic carboxylic acids is 1. The zero-order valence-corrected chi connectivity index (χ0v) is 7.41. The lowest BCUT2D eigenvalue weighted by atomic mass is 10.0. The van der Waals surface area contributed by atoms with E-state index in [2.05, 4.69) is 0 Å². The van der Waals surface area contributed by atoms with Crippen LogP contribution in [0.3, 0.4) is 0 Å². The molecule has 0 spiro atoms. The van der Waals surface area contributed by atoms with Crippen molar-refractivity contribution in [2.24, 2.45) is 5.92 Å². The highest BCUT2D eigenvalue weighted by Crippen LogP contribution is 2.22. The van der Waals surface area contributed by atoms with Crippen LogP contribution in [0.5, 0.6) is 0 Å². The van der Waals surface area contributed by atoms with Crippen LogP contribution in [0.15, 0.2) is 11.6 Å². The Morgan fingerprint density at radius 3 is 2.75 bits per heavy atom. The van der Waals surface area contributed by atoms with Gasteiger partial charge >= 0.3 is 5.97 Å². The van der Waals surface area contributed by atoms with Crippen LogP contribution in [0.25, 0.3) is 0 Å². The largest absolute Gasteiger partial charge is 0.481 e. The molecule has 3 heteroatoms. The van der Waals surface area contributed by atoms with Gasteiger partial charge in [-0.1, -0.05) is 11.6 Å². The average Bonchev–Trinajstić information content (AvgIpc) is 2.33. The minimum absolute atomic E-state index is 0.215. The second kappa shape index (κ2) is 3.72. The number of carboxylic acid groups (broad SMARTS) is 1. The average molecular weight is 170 g/mol. The van der Waals surface area contributed by atoms with Gasteiger partial charge < -0.3 is 9.84 Å². The minimum Gasteiger partial charge on any atom is -0.481 e. The molecular formula is C9H14O3. The van der Waals surface area contributed by atoms with Crippen molar-refractivity contribution in [1.29, 1.82) is 0 Å². The minimum atomic E-state index is -0.755. The van der Waals surface area contributed by atoms with Crippen LogP contribution >= 0.6 is 0 Å². The van der Waals surface area contributed by atoms with Gasteiger partial charge in [-0.05, 0) is 20.3 Å². The molecule has 2 atom stereocenters. The standard InChI is InChI=1S/C9H14O3/c1-6(2)5-8-7(9(10)11)3-4-12-8/h5,7-8H,3-4H2,1-2H3,(H,10,11). The molecule has 68 valence electrons. The quantitative estimate of drug-likeness (QED) is 0.638. The Balaban J connectivity index is 2.64. The molecule has 0 bridgehead atoms. The molecule has 1 fully saturated rings. The van der Waals surface area contributed by atoms with Crippen LogP contribution in [0.4, 0.5) is 0 Å². The van der Waals surface area contributed by atoms with Crippen LogP contribution in [0.1, 0.15) is 20.3 Å². The normalized spacial score (nSPS) is 28.5. The van der Waals surface area contributed by atoms with E-state index in [1.54, 1.807) is 0 Å². The summed E-state index contributed by atoms with van der Waals surface area (Å²) in [5, 5.41) is 8.79. The fourth-order valence-electron chi connectivity index (χ4n) is 1.37. The molecule has 1 aliphatic rings. The molecule has 0 aromatic rings. The fourth-order valence-corrected chi connectivity index (χ4v) is 1.37. The number of hydrogen-bond donors (Lipinski definition) is 1. The van der Waals surface area contributed by atoms with E-state index in [1.807, 2.05) is 19.9 Å². The van der Waals surface area contributed by atoms with Gasteiger partial charge in [-0.25, -0.2) is 0 Å². The summed E-state index contributed by atoms with van der Waals surface area (Å²) in [7, 11) is 0. The third kappa shape index (κ3) is 2.08. The van der Waals surface area contributed by atoms with Crippen molar-refractivity contribution >= 4 is 5.97 Å². The lowest BCUT2D eigenvalue weighted by molar-refractivity contribution is -0.142. The topological polar surface area (TPSA) is 46.5 Å². The van der Waals surface area contributed by atoms with Crippen molar-refractivity contribution in [3.05, 3.63) is 11.6 Å². The van der Waals surface area contributed by atoms with Crippen molar-refractivity contribution in [2.45, 2.75) is 26.4 Å². The summed E-state index contributed by atoms with van der Waals surface area (Å²) in [5.74, 6) is -1.10. The molecule has 3 nitrogen and oxygen atoms in total. The Hall–Kier alpha value is -0.830. The van der Waals surface area contributed by atoms with E-state index in [9.17, 15) is 4.79 Å². The van der Waals surface area contributed by atoms with Gasteiger partial charge in [0, 0.05) is 6.61 Å². The highest BCUT2D eigenvalue weighted by molar-refractivity contribution is 5.71. The van der Waals surface area contributed by atoms with Gasteiger partial charge in [0.25, 0.3) is 0 Å². The molecule has 1 rings (SSSR count). The second-order valence-corrected chi connectivity index (χ2v) is 3.31. The first kappa shape index (κ1) is 9.26. The Bertz CT molecular complexity index is 204. The first-order valence-corrected chi connectivity index (χ1v) is 4.10. The predicted octanol–water partition coefficient (Wildman–Crippen LogP) is 1.44. The Kier molecular flexibility index (Phi) is 2.87.